The van der Waals surface area contributed by atoms with Crippen molar-refractivity contribution in [3.05, 3.63) is 34.3 Å². The van der Waals surface area contributed by atoms with Crippen LogP contribution in [0.15, 0.2) is 28.7 Å². The number of hydrogen-bond acceptors (Lipinski definition) is 3. The lowest BCUT2D eigenvalue weighted by Crippen LogP contribution is -2.50. The van der Waals surface area contributed by atoms with Crippen LogP contribution in [-0.2, 0) is 9.53 Å². The van der Waals surface area contributed by atoms with Crippen LogP contribution in [0.5, 0.6) is 0 Å². The van der Waals surface area contributed by atoms with Gasteiger partial charge in [-0.15, -0.1) is 0 Å². The summed E-state index contributed by atoms with van der Waals surface area (Å²) in [6.45, 7) is 1.24. The van der Waals surface area contributed by atoms with E-state index in [0.29, 0.717) is 13.2 Å². The van der Waals surface area contributed by atoms with Crippen molar-refractivity contribution < 1.29 is 9.53 Å². The Labute approximate surface area is 108 Å². The summed E-state index contributed by atoms with van der Waals surface area (Å²) in [6, 6.07) is 7.53. The van der Waals surface area contributed by atoms with Crippen LogP contribution in [0.3, 0.4) is 0 Å². The van der Waals surface area contributed by atoms with Gasteiger partial charge in [-0.1, -0.05) is 28.1 Å². The van der Waals surface area contributed by atoms with Gasteiger partial charge in [0.15, 0.2) is 0 Å². The van der Waals surface area contributed by atoms with Gasteiger partial charge in [-0.2, -0.15) is 0 Å². The maximum atomic E-state index is 12.0. The number of hydrogen-bond donors (Lipinski definition) is 2. The Morgan fingerprint density at radius 3 is 2.76 bits per heavy atom. The first-order chi connectivity index (χ1) is 8.19. The molecule has 90 valence electrons. The van der Waals surface area contributed by atoms with Crippen molar-refractivity contribution in [1.29, 1.82) is 0 Å². The molecule has 2 fully saturated rings. The second-order valence-electron chi connectivity index (χ2n) is 4.50. The quantitative estimate of drug-likeness (QED) is 0.822. The number of carbonyl (C=O) groups is 1. The van der Waals surface area contributed by atoms with Crippen molar-refractivity contribution in [3.63, 3.8) is 0 Å². The van der Waals surface area contributed by atoms with Crippen molar-refractivity contribution in [2.75, 3.05) is 13.2 Å². The summed E-state index contributed by atoms with van der Waals surface area (Å²) in [6.07, 6.45) is 0.825. The van der Waals surface area contributed by atoms with Gasteiger partial charge in [0.05, 0.1) is 13.2 Å². The number of benzene rings is 1. The van der Waals surface area contributed by atoms with Gasteiger partial charge in [0.1, 0.15) is 11.7 Å². The van der Waals surface area contributed by atoms with Crippen molar-refractivity contribution in [1.82, 2.24) is 10.6 Å². The smallest absolute Gasteiger partial charge is 0.243 e. The molecule has 5 heteroatoms. The van der Waals surface area contributed by atoms with Crippen LogP contribution in [0.25, 0.3) is 0 Å². The van der Waals surface area contributed by atoms with E-state index in [1.54, 1.807) is 0 Å². The largest absolute Gasteiger partial charge is 0.377 e. The van der Waals surface area contributed by atoms with Gasteiger partial charge in [0.2, 0.25) is 5.91 Å². The standard InChI is InChI=1S/C12H13BrN2O2/c13-9-3-1-8(2-4-9)10-11(16)15-12(14-10)5-6-17-7-12/h1-4,10,14H,5-7H2,(H,15,16)/t10-,12-/m0/s1. The molecular weight excluding hydrogens is 284 g/mol. The van der Waals surface area contributed by atoms with E-state index in [-0.39, 0.29) is 17.6 Å². The van der Waals surface area contributed by atoms with E-state index in [4.69, 9.17) is 4.74 Å². The first-order valence-corrected chi connectivity index (χ1v) is 6.41. The average molecular weight is 297 g/mol. The molecule has 0 saturated carbocycles. The van der Waals surface area contributed by atoms with Gasteiger partial charge in [-0.05, 0) is 17.7 Å². The summed E-state index contributed by atoms with van der Waals surface area (Å²) < 4.78 is 6.36. The number of carbonyl (C=O) groups excluding carboxylic acids is 1. The number of nitrogens with one attached hydrogen (secondary N) is 2. The van der Waals surface area contributed by atoms with E-state index < -0.39 is 0 Å². The highest BCUT2D eigenvalue weighted by Crippen LogP contribution is 2.28. The normalized spacial score (nSPS) is 32.1. The molecule has 2 saturated heterocycles. The Bertz CT molecular complexity index is 440. The van der Waals surface area contributed by atoms with Crippen LogP contribution in [0.2, 0.25) is 0 Å². The lowest BCUT2D eigenvalue weighted by molar-refractivity contribution is -0.121. The third-order valence-electron chi connectivity index (χ3n) is 3.27. The van der Waals surface area contributed by atoms with Crippen LogP contribution in [0.4, 0.5) is 0 Å². The predicted molar refractivity (Wildman–Crippen MR) is 66.3 cm³/mol. The third kappa shape index (κ3) is 1.99. The van der Waals surface area contributed by atoms with Gasteiger partial charge in [0, 0.05) is 10.9 Å². The zero-order valence-corrected chi connectivity index (χ0v) is 10.8. The molecule has 0 unspecified atom stereocenters. The van der Waals surface area contributed by atoms with Gasteiger partial charge >= 0.3 is 0 Å². The number of rotatable bonds is 1. The topological polar surface area (TPSA) is 50.4 Å². The molecule has 0 radical (unpaired) electrons. The summed E-state index contributed by atoms with van der Waals surface area (Å²) in [5.41, 5.74) is 0.629. The molecule has 0 aliphatic carbocycles. The molecule has 2 N–H and O–H groups in total. The Kier molecular flexibility index (Phi) is 2.69. The second-order valence-corrected chi connectivity index (χ2v) is 5.42. The van der Waals surface area contributed by atoms with Gasteiger partial charge in [-0.3, -0.25) is 10.1 Å². The zero-order chi connectivity index (χ0) is 11.9. The highest BCUT2D eigenvalue weighted by Gasteiger charge is 2.46. The number of amides is 1. The van der Waals surface area contributed by atoms with Gasteiger partial charge in [0.25, 0.3) is 0 Å². The molecule has 3 rings (SSSR count). The molecule has 1 aromatic rings. The molecule has 17 heavy (non-hydrogen) atoms. The van der Waals surface area contributed by atoms with E-state index in [1.807, 2.05) is 24.3 Å². The highest BCUT2D eigenvalue weighted by molar-refractivity contribution is 9.10. The maximum Gasteiger partial charge on any atom is 0.243 e. The summed E-state index contributed by atoms with van der Waals surface area (Å²) >= 11 is 3.39. The first kappa shape index (κ1) is 11.2. The van der Waals surface area contributed by atoms with Crippen molar-refractivity contribution >= 4 is 21.8 Å². The number of halogens is 1. The highest BCUT2D eigenvalue weighted by atomic mass is 79.9. The fourth-order valence-electron chi connectivity index (χ4n) is 2.35. The molecule has 0 bridgehead atoms. The number of ether oxygens (including phenoxy) is 1. The zero-order valence-electron chi connectivity index (χ0n) is 9.20. The SMILES string of the molecule is O=C1N[C@]2(CCOC2)N[C@H]1c1ccc(Br)cc1. The minimum absolute atomic E-state index is 0.0258. The van der Waals surface area contributed by atoms with E-state index in [0.717, 1.165) is 16.5 Å². The van der Waals surface area contributed by atoms with E-state index in [1.165, 1.54) is 0 Å². The van der Waals surface area contributed by atoms with Crippen LogP contribution in [0, 0.1) is 0 Å². The third-order valence-corrected chi connectivity index (χ3v) is 3.80. The maximum absolute atomic E-state index is 12.0. The average Bonchev–Trinajstić information content (AvgIpc) is 2.88. The lowest BCUT2D eigenvalue weighted by atomic mass is 10.1. The Hall–Kier alpha value is -0.910. The molecule has 2 heterocycles. The molecule has 2 aliphatic heterocycles. The molecular formula is C12H13BrN2O2. The summed E-state index contributed by atoms with van der Waals surface area (Å²) in [5.74, 6) is 0.0258. The first-order valence-electron chi connectivity index (χ1n) is 5.61. The summed E-state index contributed by atoms with van der Waals surface area (Å²) in [4.78, 5) is 12.0. The van der Waals surface area contributed by atoms with Gasteiger partial charge < -0.3 is 10.1 Å². The van der Waals surface area contributed by atoms with Crippen LogP contribution >= 0.6 is 15.9 Å². The van der Waals surface area contributed by atoms with Gasteiger partial charge in [-0.25, -0.2) is 0 Å². The van der Waals surface area contributed by atoms with Crippen molar-refractivity contribution in [2.24, 2.45) is 0 Å². The summed E-state index contributed by atoms with van der Waals surface area (Å²) in [7, 11) is 0. The monoisotopic (exact) mass is 296 g/mol. The minimum atomic E-state index is -0.352. The van der Waals surface area contributed by atoms with E-state index >= 15 is 0 Å². The second kappa shape index (κ2) is 4.08. The van der Waals surface area contributed by atoms with Crippen LogP contribution in [-0.4, -0.2) is 24.8 Å². The molecule has 2 atom stereocenters. The van der Waals surface area contributed by atoms with Crippen LogP contribution in [0.1, 0.15) is 18.0 Å². The summed E-state index contributed by atoms with van der Waals surface area (Å²) in [5, 5.41) is 6.36. The van der Waals surface area contributed by atoms with E-state index in [2.05, 4.69) is 26.6 Å². The van der Waals surface area contributed by atoms with Crippen molar-refractivity contribution in [2.45, 2.75) is 18.1 Å². The van der Waals surface area contributed by atoms with Crippen molar-refractivity contribution in [3.8, 4) is 0 Å². The fraction of sp³-hybridized carbons (Fsp3) is 0.417. The molecule has 1 spiro atoms. The molecule has 2 aliphatic rings. The molecule has 1 amide bonds. The van der Waals surface area contributed by atoms with E-state index in [9.17, 15) is 4.79 Å². The lowest BCUT2D eigenvalue weighted by Gasteiger charge is -2.21. The molecule has 0 aromatic heterocycles. The predicted octanol–water partition coefficient (Wildman–Crippen LogP) is 1.33. The van der Waals surface area contributed by atoms with Crippen LogP contribution < -0.4 is 10.6 Å². The minimum Gasteiger partial charge on any atom is -0.377 e. The Balaban J connectivity index is 1.85. The Morgan fingerprint density at radius 2 is 2.12 bits per heavy atom. The molecule has 4 nitrogen and oxygen atoms in total. The molecule has 1 aromatic carbocycles. The fourth-order valence-corrected chi connectivity index (χ4v) is 2.62. The Morgan fingerprint density at radius 1 is 1.35 bits per heavy atom.